The van der Waals surface area contributed by atoms with Crippen molar-refractivity contribution >= 4 is 11.6 Å². The zero-order chi connectivity index (χ0) is 15.1. The van der Waals surface area contributed by atoms with E-state index >= 15 is 0 Å². The fraction of sp³-hybridized carbons (Fsp3) is 0.714. The van der Waals surface area contributed by atoms with Crippen molar-refractivity contribution in [3.8, 4) is 5.75 Å². The van der Waals surface area contributed by atoms with Gasteiger partial charge in [-0.15, -0.1) is 0 Å². The van der Waals surface area contributed by atoms with Gasteiger partial charge >= 0.3 is 0 Å². The first kappa shape index (κ1) is 16.5. The molecule has 0 aliphatic carbocycles. The Morgan fingerprint density at radius 1 is 1.30 bits per heavy atom. The smallest absolute Gasteiger partial charge is 0.204 e. The molecule has 0 saturated heterocycles. The molecule has 1 N–H and O–H groups in total. The third-order valence-electron chi connectivity index (χ3n) is 3.11. The quantitative estimate of drug-likeness (QED) is 0.782. The minimum Gasteiger partial charge on any atom is -0.490 e. The second-order valence-electron chi connectivity index (χ2n) is 5.01. The zero-order valence-electron chi connectivity index (χ0n) is 13.5. The van der Waals surface area contributed by atoms with Gasteiger partial charge in [-0.05, 0) is 34.9 Å². The molecule has 0 fully saturated rings. The summed E-state index contributed by atoms with van der Waals surface area (Å²) in [5.74, 6) is 2.30. The third kappa shape index (κ3) is 3.96. The number of hydrogen-bond acceptors (Lipinski definition) is 6. The second kappa shape index (κ2) is 7.89. The fourth-order valence-corrected chi connectivity index (χ4v) is 2.35. The molecule has 0 aliphatic rings. The van der Waals surface area contributed by atoms with Crippen LogP contribution in [-0.2, 0) is 0 Å². The van der Waals surface area contributed by atoms with Gasteiger partial charge in [0.1, 0.15) is 6.33 Å². The van der Waals surface area contributed by atoms with Crippen molar-refractivity contribution in [2.45, 2.75) is 26.8 Å². The van der Waals surface area contributed by atoms with Crippen molar-refractivity contribution in [2.24, 2.45) is 0 Å². The van der Waals surface area contributed by atoms with Gasteiger partial charge in [0.15, 0.2) is 11.6 Å². The highest BCUT2D eigenvalue weighted by Crippen LogP contribution is 2.32. The average Bonchev–Trinajstić information content (AvgIpc) is 2.39. The molecule has 6 nitrogen and oxygen atoms in total. The van der Waals surface area contributed by atoms with Gasteiger partial charge in [0.2, 0.25) is 5.75 Å². The number of nitrogens with one attached hydrogen (secondary N) is 1. The van der Waals surface area contributed by atoms with Crippen LogP contribution < -0.4 is 15.0 Å². The minimum absolute atomic E-state index is 0.341. The number of aromatic nitrogens is 2. The molecule has 1 rings (SSSR count). The maximum atomic E-state index is 5.52. The third-order valence-corrected chi connectivity index (χ3v) is 3.11. The van der Waals surface area contributed by atoms with E-state index in [-0.39, 0.29) is 0 Å². The van der Waals surface area contributed by atoms with E-state index in [1.54, 1.807) is 13.4 Å². The Kier molecular flexibility index (Phi) is 6.51. The molecule has 1 aromatic rings. The van der Waals surface area contributed by atoms with Crippen molar-refractivity contribution in [3.05, 3.63) is 6.33 Å². The topological polar surface area (TPSA) is 53.5 Å². The highest BCUT2D eigenvalue weighted by Gasteiger charge is 2.21. The Bertz CT molecular complexity index is 411. The first-order valence-electron chi connectivity index (χ1n) is 7.09. The number of ether oxygens (including phenoxy) is 1. The number of nitrogens with zero attached hydrogens (tertiary/aromatic N) is 4. The summed E-state index contributed by atoms with van der Waals surface area (Å²) < 4.78 is 5.52. The van der Waals surface area contributed by atoms with E-state index in [2.05, 4.69) is 53.0 Å². The molecule has 0 bridgehead atoms. The molecule has 0 saturated carbocycles. The molecule has 1 heterocycles. The van der Waals surface area contributed by atoms with Crippen LogP contribution in [0.15, 0.2) is 6.33 Å². The molecule has 1 aromatic heterocycles. The number of likely N-dealkylation sites (N-methyl/N-ethyl adjacent to an activating group) is 2. The molecule has 0 aliphatic heterocycles. The van der Waals surface area contributed by atoms with Crippen LogP contribution in [0.2, 0.25) is 0 Å². The summed E-state index contributed by atoms with van der Waals surface area (Å²) in [5, 5.41) is 3.21. The monoisotopic (exact) mass is 281 g/mol. The Balaban J connectivity index is 3.10. The van der Waals surface area contributed by atoms with Crippen molar-refractivity contribution in [3.63, 3.8) is 0 Å². The summed E-state index contributed by atoms with van der Waals surface area (Å²) >= 11 is 0. The molecular weight excluding hydrogens is 254 g/mol. The molecule has 20 heavy (non-hydrogen) atoms. The highest BCUT2D eigenvalue weighted by molar-refractivity contribution is 5.65. The lowest BCUT2D eigenvalue weighted by Crippen LogP contribution is -2.40. The van der Waals surface area contributed by atoms with Gasteiger partial charge in [-0.1, -0.05) is 0 Å². The van der Waals surface area contributed by atoms with Gasteiger partial charge in [-0.3, -0.25) is 0 Å². The second-order valence-corrected chi connectivity index (χ2v) is 5.01. The SMILES string of the molecule is CCNc1ncnc(N(CC)C(C)CN(C)C)c1OC. The summed E-state index contributed by atoms with van der Waals surface area (Å²) in [6, 6.07) is 0.341. The lowest BCUT2D eigenvalue weighted by atomic mass is 10.2. The molecule has 0 amide bonds. The van der Waals surface area contributed by atoms with E-state index in [0.717, 1.165) is 31.3 Å². The predicted molar refractivity (Wildman–Crippen MR) is 83.8 cm³/mol. The molecule has 6 heteroatoms. The van der Waals surface area contributed by atoms with Crippen molar-refractivity contribution in [2.75, 3.05) is 51.1 Å². The standard InChI is InChI=1S/C14H27N5O/c1-7-15-13-12(20-6)14(17-10-16-13)19(8-2)11(3)9-18(4)5/h10-11H,7-9H2,1-6H3,(H,15,16,17). The summed E-state index contributed by atoms with van der Waals surface area (Å²) in [6.07, 6.45) is 1.58. The number of anilines is 2. The molecular formula is C14H27N5O. The van der Waals surface area contributed by atoms with Gasteiger partial charge in [0.05, 0.1) is 7.11 Å². The predicted octanol–water partition coefficient (Wildman–Crippen LogP) is 1.69. The van der Waals surface area contributed by atoms with Crippen LogP contribution >= 0.6 is 0 Å². The highest BCUT2D eigenvalue weighted by atomic mass is 16.5. The van der Waals surface area contributed by atoms with Crippen LogP contribution in [0.4, 0.5) is 11.6 Å². The van der Waals surface area contributed by atoms with Gasteiger partial charge < -0.3 is 19.9 Å². The molecule has 1 atom stereocenters. The molecule has 0 aromatic carbocycles. The van der Waals surface area contributed by atoms with Crippen molar-refractivity contribution < 1.29 is 4.74 Å². The summed E-state index contributed by atoms with van der Waals surface area (Å²) in [4.78, 5) is 13.1. The number of methoxy groups -OCH3 is 1. The average molecular weight is 281 g/mol. The Morgan fingerprint density at radius 3 is 2.50 bits per heavy atom. The van der Waals surface area contributed by atoms with Gasteiger partial charge in [-0.25, -0.2) is 9.97 Å². The summed E-state index contributed by atoms with van der Waals surface area (Å²) in [6.45, 7) is 8.98. The van der Waals surface area contributed by atoms with Gasteiger partial charge in [-0.2, -0.15) is 0 Å². The Morgan fingerprint density at radius 2 is 2.00 bits per heavy atom. The minimum atomic E-state index is 0.341. The van der Waals surface area contributed by atoms with Gasteiger partial charge in [0.25, 0.3) is 0 Å². The van der Waals surface area contributed by atoms with Crippen LogP contribution in [0.25, 0.3) is 0 Å². The van der Waals surface area contributed by atoms with E-state index in [1.165, 1.54) is 0 Å². The Labute approximate surface area is 122 Å². The van der Waals surface area contributed by atoms with Crippen molar-refractivity contribution in [1.82, 2.24) is 14.9 Å². The van der Waals surface area contributed by atoms with Crippen LogP contribution in [0, 0.1) is 0 Å². The number of hydrogen-bond donors (Lipinski definition) is 1. The van der Waals surface area contributed by atoms with Gasteiger partial charge in [0, 0.05) is 25.7 Å². The fourth-order valence-electron chi connectivity index (χ4n) is 2.35. The van der Waals surface area contributed by atoms with E-state index in [9.17, 15) is 0 Å². The van der Waals surface area contributed by atoms with Crippen LogP contribution in [0.5, 0.6) is 5.75 Å². The molecule has 0 radical (unpaired) electrons. The summed E-state index contributed by atoms with van der Waals surface area (Å²) in [7, 11) is 5.81. The van der Waals surface area contributed by atoms with Crippen molar-refractivity contribution in [1.29, 1.82) is 0 Å². The maximum Gasteiger partial charge on any atom is 0.204 e. The largest absolute Gasteiger partial charge is 0.490 e. The van der Waals surface area contributed by atoms with E-state index in [0.29, 0.717) is 11.8 Å². The first-order chi connectivity index (χ1) is 9.54. The summed E-state index contributed by atoms with van der Waals surface area (Å²) in [5.41, 5.74) is 0. The Hall–Kier alpha value is -1.56. The van der Waals surface area contributed by atoms with E-state index in [4.69, 9.17) is 4.74 Å². The lowest BCUT2D eigenvalue weighted by Gasteiger charge is -2.32. The van der Waals surface area contributed by atoms with Crippen LogP contribution in [0.1, 0.15) is 20.8 Å². The normalized spacial score (nSPS) is 12.3. The van der Waals surface area contributed by atoms with E-state index in [1.807, 2.05) is 6.92 Å². The number of rotatable bonds is 8. The molecule has 1 unspecified atom stereocenters. The lowest BCUT2D eigenvalue weighted by molar-refractivity contribution is 0.367. The maximum absolute atomic E-state index is 5.52. The first-order valence-corrected chi connectivity index (χ1v) is 7.09. The van der Waals surface area contributed by atoms with Crippen LogP contribution in [-0.4, -0.2) is 61.7 Å². The zero-order valence-corrected chi connectivity index (χ0v) is 13.5. The molecule has 114 valence electrons. The molecule has 0 spiro atoms. The van der Waals surface area contributed by atoms with Crippen LogP contribution in [0.3, 0.4) is 0 Å². The van der Waals surface area contributed by atoms with E-state index < -0.39 is 0 Å².